The summed E-state index contributed by atoms with van der Waals surface area (Å²) in [5, 5.41) is 11.2. The number of hydrogen-bond donors (Lipinski definition) is 2. The summed E-state index contributed by atoms with van der Waals surface area (Å²) in [7, 11) is 0. The SMILES string of the molecule is CC(C(=O)O)C1CCNC1=O. The largest absolute Gasteiger partial charge is 0.481 e. The van der Waals surface area contributed by atoms with Crippen LogP contribution in [0.1, 0.15) is 13.3 Å². The Bertz CT molecular complexity index is 190. The summed E-state index contributed by atoms with van der Waals surface area (Å²) in [4.78, 5) is 21.4. The minimum atomic E-state index is -0.896. The van der Waals surface area contributed by atoms with Crippen molar-refractivity contribution < 1.29 is 14.7 Å². The van der Waals surface area contributed by atoms with Crippen molar-refractivity contribution in [3.8, 4) is 0 Å². The van der Waals surface area contributed by atoms with Crippen LogP contribution in [0.2, 0.25) is 0 Å². The van der Waals surface area contributed by atoms with E-state index in [2.05, 4.69) is 5.32 Å². The summed E-state index contributed by atoms with van der Waals surface area (Å²) in [5.41, 5.74) is 0. The highest BCUT2D eigenvalue weighted by Gasteiger charge is 2.33. The Hall–Kier alpha value is -1.06. The molecule has 1 fully saturated rings. The molecule has 2 atom stereocenters. The number of carbonyl (C=O) groups is 2. The average Bonchev–Trinajstić information content (AvgIpc) is 2.33. The minimum Gasteiger partial charge on any atom is -0.481 e. The van der Waals surface area contributed by atoms with Crippen LogP contribution in [0.3, 0.4) is 0 Å². The molecule has 2 unspecified atom stereocenters. The number of rotatable bonds is 2. The third-order valence-electron chi connectivity index (χ3n) is 2.08. The Morgan fingerprint density at radius 2 is 2.45 bits per heavy atom. The van der Waals surface area contributed by atoms with Gasteiger partial charge in [-0.05, 0) is 6.42 Å². The fraction of sp³-hybridized carbons (Fsp3) is 0.714. The highest BCUT2D eigenvalue weighted by molar-refractivity contribution is 5.85. The van der Waals surface area contributed by atoms with Crippen LogP contribution in [-0.4, -0.2) is 23.5 Å². The first kappa shape index (κ1) is 8.04. The molecule has 0 aromatic heterocycles. The van der Waals surface area contributed by atoms with Gasteiger partial charge in [-0.3, -0.25) is 9.59 Å². The maximum absolute atomic E-state index is 10.9. The summed E-state index contributed by atoms with van der Waals surface area (Å²) in [6.07, 6.45) is 0.645. The van der Waals surface area contributed by atoms with Crippen molar-refractivity contribution in [2.24, 2.45) is 11.8 Å². The summed E-state index contributed by atoms with van der Waals surface area (Å²) < 4.78 is 0. The van der Waals surface area contributed by atoms with Gasteiger partial charge in [-0.25, -0.2) is 0 Å². The van der Waals surface area contributed by atoms with Gasteiger partial charge in [0.1, 0.15) is 0 Å². The molecule has 4 heteroatoms. The van der Waals surface area contributed by atoms with Gasteiger partial charge in [0.2, 0.25) is 5.91 Å². The molecule has 1 saturated heterocycles. The van der Waals surface area contributed by atoms with E-state index in [0.717, 1.165) is 0 Å². The third kappa shape index (κ3) is 1.50. The molecule has 0 aromatic carbocycles. The second-order valence-corrected chi connectivity index (χ2v) is 2.81. The zero-order valence-corrected chi connectivity index (χ0v) is 6.33. The van der Waals surface area contributed by atoms with E-state index in [1.165, 1.54) is 0 Å². The predicted octanol–water partition coefficient (Wildman–Crippen LogP) is -0.157. The van der Waals surface area contributed by atoms with Crippen molar-refractivity contribution >= 4 is 11.9 Å². The van der Waals surface area contributed by atoms with Crippen molar-refractivity contribution in [3.05, 3.63) is 0 Å². The van der Waals surface area contributed by atoms with Gasteiger partial charge in [-0.15, -0.1) is 0 Å². The van der Waals surface area contributed by atoms with E-state index >= 15 is 0 Å². The van der Waals surface area contributed by atoms with Gasteiger partial charge in [0.25, 0.3) is 0 Å². The van der Waals surface area contributed by atoms with Crippen molar-refractivity contribution in [2.75, 3.05) is 6.54 Å². The summed E-state index contributed by atoms with van der Waals surface area (Å²) in [6, 6.07) is 0. The lowest BCUT2D eigenvalue weighted by Gasteiger charge is -2.10. The molecule has 0 aliphatic carbocycles. The van der Waals surface area contributed by atoms with Crippen LogP contribution in [-0.2, 0) is 9.59 Å². The summed E-state index contributed by atoms with van der Waals surface area (Å²) in [5.74, 6) is -1.91. The second-order valence-electron chi connectivity index (χ2n) is 2.81. The molecule has 62 valence electrons. The number of hydrogen-bond acceptors (Lipinski definition) is 2. The van der Waals surface area contributed by atoms with Crippen LogP contribution in [0.25, 0.3) is 0 Å². The lowest BCUT2D eigenvalue weighted by Crippen LogP contribution is -2.27. The van der Waals surface area contributed by atoms with E-state index in [-0.39, 0.29) is 11.8 Å². The van der Waals surface area contributed by atoms with Crippen molar-refractivity contribution in [1.82, 2.24) is 5.32 Å². The molecular formula is C7H11NO3. The third-order valence-corrected chi connectivity index (χ3v) is 2.08. The summed E-state index contributed by atoms with van der Waals surface area (Å²) >= 11 is 0. The van der Waals surface area contributed by atoms with Crippen LogP contribution >= 0.6 is 0 Å². The fourth-order valence-electron chi connectivity index (χ4n) is 1.26. The second kappa shape index (κ2) is 2.90. The molecule has 0 radical (unpaired) electrons. The molecule has 1 amide bonds. The van der Waals surface area contributed by atoms with Crippen LogP contribution in [0.4, 0.5) is 0 Å². The molecule has 1 aliphatic heterocycles. The van der Waals surface area contributed by atoms with Gasteiger partial charge in [0, 0.05) is 6.54 Å². The number of carbonyl (C=O) groups excluding carboxylic acids is 1. The number of amides is 1. The Morgan fingerprint density at radius 1 is 1.82 bits per heavy atom. The number of carboxylic acid groups (broad SMARTS) is 1. The van der Waals surface area contributed by atoms with Gasteiger partial charge >= 0.3 is 5.97 Å². The number of nitrogens with one attached hydrogen (secondary N) is 1. The van der Waals surface area contributed by atoms with Gasteiger partial charge in [0.15, 0.2) is 0 Å². The van der Waals surface area contributed by atoms with Crippen LogP contribution < -0.4 is 5.32 Å². The zero-order chi connectivity index (χ0) is 8.43. The van der Waals surface area contributed by atoms with Crippen LogP contribution in [0.15, 0.2) is 0 Å². The first-order chi connectivity index (χ1) is 5.13. The molecule has 1 aliphatic rings. The predicted molar refractivity (Wildman–Crippen MR) is 37.9 cm³/mol. The first-order valence-corrected chi connectivity index (χ1v) is 3.63. The van der Waals surface area contributed by atoms with Crippen LogP contribution in [0.5, 0.6) is 0 Å². The topological polar surface area (TPSA) is 66.4 Å². The smallest absolute Gasteiger partial charge is 0.307 e. The number of aliphatic carboxylic acids is 1. The van der Waals surface area contributed by atoms with Gasteiger partial charge in [-0.2, -0.15) is 0 Å². The molecule has 1 rings (SSSR count). The monoisotopic (exact) mass is 157 g/mol. The van der Waals surface area contributed by atoms with Crippen molar-refractivity contribution in [2.45, 2.75) is 13.3 Å². The van der Waals surface area contributed by atoms with Crippen molar-refractivity contribution in [3.63, 3.8) is 0 Å². The Balaban J connectivity index is 2.59. The molecule has 1 heterocycles. The molecule has 11 heavy (non-hydrogen) atoms. The van der Waals surface area contributed by atoms with E-state index in [1.807, 2.05) is 0 Å². The van der Waals surface area contributed by atoms with Crippen LogP contribution in [0, 0.1) is 11.8 Å². The highest BCUT2D eigenvalue weighted by atomic mass is 16.4. The Morgan fingerprint density at radius 3 is 2.82 bits per heavy atom. The fourth-order valence-corrected chi connectivity index (χ4v) is 1.26. The van der Waals surface area contributed by atoms with E-state index in [0.29, 0.717) is 13.0 Å². The normalized spacial score (nSPS) is 26.3. The quantitative estimate of drug-likeness (QED) is 0.585. The molecule has 0 saturated carbocycles. The highest BCUT2D eigenvalue weighted by Crippen LogP contribution is 2.19. The van der Waals surface area contributed by atoms with E-state index in [4.69, 9.17) is 5.11 Å². The molecule has 0 bridgehead atoms. The van der Waals surface area contributed by atoms with Crippen molar-refractivity contribution in [1.29, 1.82) is 0 Å². The molecule has 4 nitrogen and oxygen atoms in total. The van der Waals surface area contributed by atoms with Gasteiger partial charge in [0.05, 0.1) is 11.8 Å². The molecular weight excluding hydrogens is 146 g/mol. The number of carboxylic acids is 1. The van der Waals surface area contributed by atoms with E-state index in [9.17, 15) is 9.59 Å². The van der Waals surface area contributed by atoms with E-state index in [1.54, 1.807) is 6.92 Å². The summed E-state index contributed by atoms with van der Waals surface area (Å²) in [6.45, 7) is 2.18. The molecule has 2 N–H and O–H groups in total. The van der Waals surface area contributed by atoms with Gasteiger partial charge in [-0.1, -0.05) is 6.92 Å². The average molecular weight is 157 g/mol. The van der Waals surface area contributed by atoms with Gasteiger partial charge < -0.3 is 10.4 Å². The maximum atomic E-state index is 10.9. The standard InChI is InChI=1S/C7H11NO3/c1-4(7(10)11)5-2-3-8-6(5)9/h4-5H,2-3H2,1H3,(H,8,9)(H,10,11). The first-order valence-electron chi connectivity index (χ1n) is 3.63. The lowest BCUT2D eigenvalue weighted by molar-refractivity contribution is -0.145. The zero-order valence-electron chi connectivity index (χ0n) is 6.33. The molecule has 0 spiro atoms. The Kier molecular flexibility index (Phi) is 2.12. The Labute approximate surface area is 64.6 Å². The molecule has 0 aromatic rings. The van der Waals surface area contributed by atoms with E-state index < -0.39 is 11.9 Å². The maximum Gasteiger partial charge on any atom is 0.307 e. The lowest BCUT2D eigenvalue weighted by atomic mass is 9.93. The minimum absolute atomic E-state index is 0.125.